The molecule has 1 aliphatic rings. The van der Waals surface area contributed by atoms with Crippen LogP contribution in [0.2, 0.25) is 0 Å². The van der Waals surface area contributed by atoms with Crippen LogP contribution < -0.4 is 0 Å². The second kappa shape index (κ2) is 9.78. The highest BCUT2D eigenvalue weighted by atomic mass is 16.6. The number of ketones is 1. The Morgan fingerprint density at radius 1 is 1.16 bits per heavy atom. The summed E-state index contributed by atoms with van der Waals surface area (Å²) < 4.78 is 10.4. The summed E-state index contributed by atoms with van der Waals surface area (Å²) in [5, 5.41) is 0. The largest absolute Gasteiger partial charge is 0.466 e. The lowest BCUT2D eigenvalue weighted by Gasteiger charge is -2.31. The highest BCUT2D eigenvalue weighted by molar-refractivity contribution is 5.82. The van der Waals surface area contributed by atoms with Crippen LogP contribution in [0.25, 0.3) is 0 Å². The molecule has 6 nitrogen and oxygen atoms in total. The molecule has 1 saturated carbocycles. The zero-order valence-corrected chi connectivity index (χ0v) is 16.3. The Kier molecular flexibility index (Phi) is 8.39. The lowest BCUT2D eigenvalue weighted by atomic mass is 10.00. The molecule has 1 aliphatic carbocycles. The van der Waals surface area contributed by atoms with Crippen LogP contribution >= 0.6 is 0 Å². The van der Waals surface area contributed by atoms with Crippen LogP contribution in [0.3, 0.4) is 0 Å². The number of hydrogen-bond acceptors (Lipinski definition) is 5. The van der Waals surface area contributed by atoms with Gasteiger partial charge in [-0.1, -0.05) is 12.8 Å². The number of hydrogen-bond donors (Lipinski definition) is 0. The van der Waals surface area contributed by atoms with Crippen LogP contribution in [0.1, 0.15) is 73.1 Å². The van der Waals surface area contributed by atoms with E-state index in [1.54, 1.807) is 34.6 Å². The molecule has 0 unspecified atom stereocenters. The van der Waals surface area contributed by atoms with Crippen LogP contribution in [-0.2, 0) is 19.1 Å². The first-order chi connectivity index (χ1) is 11.6. The van der Waals surface area contributed by atoms with E-state index in [1.807, 2.05) is 0 Å². The maximum Gasteiger partial charge on any atom is 0.410 e. The molecular weight excluding hydrogens is 322 g/mol. The maximum absolute atomic E-state index is 12.5. The van der Waals surface area contributed by atoms with Gasteiger partial charge >= 0.3 is 12.1 Å². The van der Waals surface area contributed by atoms with Gasteiger partial charge in [-0.25, -0.2) is 4.79 Å². The molecule has 0 saturated heterocycles. The molecule has 144 valence electrons. The highest BCUT2D eigenvalue weighted by Gasteiger charge is 2.29. The van der Waals surface area contributed by atoms with Gasteiger partial charge in [0.1, 0.15) is 11.4 Å². The lowest BCUT2D eigenvalue weighted by Crippen LogP contribution is -2.44. The van der Waals surface area contributed by atoms with Crippen molar-refractivity contribution in [1.82, 2.24) is 4.90 Å². The molecule has 6 heteroatoms. The topological polar surface area (TPSA) is 72.9 Å². The molecule has 1 atom stereocenters. The van der Waals surface area contributed by atoms with Crippen LogP contribution in [0.5, 0.6) is 0 Å². The first kappa shape index (κ1) is 21.5. The molecule has 0 N–H and O–H groups in total. The standard InChI is InChI=1S/C19H33NO5/c1-6-24-17(22)13-14(2)20(18(23)25-19(3,4)5)12-11-16(21)15-9-7-8-10-15/h14-15H,6-13H2,1-5H3/t14-/m1/s1. The number of carbonyl (C=O) groups excluding carboxylic acids is 3. The Labute approximate surface area is 151 Å². The van der Waals surface area contributed by atoms with E-state index in [1.165, 1.54) is 4.90 Å². The van der Waals surface area contributed by atoms with Gasteiger partial charge in [-0.15, -0.1) is 0 Å². The maximum atomic E-state index is 12.5. The molecule has 0 spiro atoms. The third-order valence-corrected chi connectivity index (χ3v) is 4.34. The summed E-state index contributed by atoms with van der Waals surface area (Å²) in [5.74, 6) is -0.0269. The summed E-state index contributed by atoms with van der Waals surface area (Å²) in [4.78, 5) is 38.1. The molecule has 0 aromatic carbocycles. The monoisotopic (exact) mass is 355 g/mol. The Morgan fingerprint density at radius 3 is 2.28 bits per heavy atom. The second-order valence-electron chi connectivity index (χ2n) is 7.73. The van der Waals surface area contributed by atoms with E-state index in [2.05, 4.69) is 0 Å². The molecule has 0 aromatic heterocycles. The molecule has 25 heavy (non-hydrogen) atoms. The average molecular weight is 355 g/mol. The van der Waals surface area contributed by atoms with E-state index in [0.29, 0.717) is 13.0 Å². The van der Waals surface area contributed by atoms with Crippen molar-refractivity contribution >= 4 is 17.8 Å². The SMILES string of the molecule is CCOC(=O)C[C@@H](C)N(CCC(=O)C1CCCC1)C(=O)OC(C)(C)C. The molecule has 1 fully saturated rings. The third kappa shape index (κ3) is 7.88. The summed E-state index contributed by atoms with van der Waals surface area (Å²) in [6.07, 6.45) is 4.00. The van der Waals surface area contributed by atoms with Gasteiger partial charge in [-0.2, -0.15) is 0 Å². The smallest absolute Gasteiger partial charge is 0.410 e. The molecule has 0 aromatic rings. The van der Waals surface area contributed by atoms with Crippen molar-refractivity contribution in [3.8, 4) is 0 Å². The quantitative estimate of drug-likeness (QED) is 0.621. The van der Waals surface area contributed by atoms with Crippen molar-refractivity contribution in [3.05, 3.63) is 0 Å². The number of carbonyl (C=O) groups is 3. The summed E-state index contributed by atoms with van der Waals surface area (Å²) in [6.45, 7) is 9.48. The van der Waals surface area contributed by atoms with Crippen molar-refractivity contribution in [2.24, 2.45) is 5.92 Å². The zero-order valence-electron chi connectivity index (χ0n) is 16.3. The van der Waals surface area contributed by atoms with E-state index in [9.17, 15) is 14.4 Å². The van der Waals surface area contributed by atoms with Crippen molar-refractivity contribution in [1.29, 1.82) is 0 Å². The molecule has 1 amide bonds. The van der Waals surface area contributed by atoms with E-state index in [0.717, 1.165) is 25.7 Å². The first-order valence-electron chi connectivity index (χ1n) is 9.32. The van der Waals surface area contributed by atoms with Crippen molar-refractivity contribution in [2.45, 2.75) is 84.8 Å². The summed E-state index contributed by atoms with van der Waals surface area (Å²) in [5.41, 5.74) is -0.631. The average Bonchev–Trinajstić information content (AvgIpc) is 2.99. The predicted molar refractivity (Wildman–Crippen MR) is 95.2 cm³/mol. The minimum absolute atomic E-state index is 0.0880. The Morgan fingerprint density at radius 2 is 1.76 bits per heavy atom. The number of esters is 1. The van der Waals surface area contributed by atoms with E-state index in [4.69, 9.17) is 9.47 Å². The number of amides is 1. The van der Waals surface area contributed by atoms with Gasteiger partial charge in [0.05, 0.1) is 13.0 Å². The molecule has 0 radical (unpaired) electrons. The number of rotatable bonds is 8. The van der Waals surface area contributed by atoms with Gasteiger partial charge < -0.3 is 14.4 Å². The Hall–Kier alpha value is -1.59. The Bertz CT molecular complexity index is 463. The summed E-state index contributed by atoms with van der Waals surface area (Å²) in [7, 11) is 0. The predicted octanol–water partition coefficient (Wildman–Crippen LogP) is 3.71. The van der Waals surface area contributed by atoms with E-state index in [-0.39, 0.29) is 36.7 Å². The normalized spacial score (nSPS) is 16.4. The van der Waals surface area contributed by atoms with Gasteiger partial charge in [0.2, 0.25) is 0 Å². The Balaban J connectivity index is 2.70. The molecular formula is C19H33NO5. The van der Waals surface area contributed by atoms with Crippen LogP contribution in [0.4, 0.5) is 4.79 Å². The number of nitrogens with zero attached hydrogens (tertiary/aromatic N) is 1. The fourth-order valence-corrected chi connectivity index (χ4v) is 3.07. The number of Topliss-reactive ketones (excluding diaryl/α,β-unsaturated/α-hetero) is 1. The fraction of sp³-hybridized carbons (Fsp3) is 0.842. The van der Waals surface area contributed by atoms with E-state index >= 15 is 0 Å². The van der Waals surface area contributed by atoms with Gasteiger partial charge in [0, 0.05) is 24.9 Å². The lowest BCUT2D eigenvalue weighted by molar-refractivity contribution is -0.144. The van der Waals surface area contributed by atoms with Crippen molar-refractivity contribution in [3.63, 3.8) is 0 Å². The van der Waals surface area contributed by atoms with Gasteiger partial charge in [0.25, 0.3) is 0 Å². The first-order valence-corrected chi connectivity index (χ1v) is 9.32. The molecule has 0 aliphatic heterocycles. The van der Waals surface area contributed by atoms with Gasteiger partial charge in [-0.3, -0.25) is 9.59 Å². The van der Waals surface area contributed by atoms with Crippen LogP contribution in [0, 0.1) is 5.92 Å². The molecule has 1 rings (SSSR count). The van der Waals surface area contributed by atoms with Crippen LogP contribution in [-0.4, -0.2) is 47.5 Å². The third-order valence-electron chi connectivity index (χ3n) is 4.34. The highest BCUT2D eigenvalue weighted by Crippen LogP contribution is 2.26. The molecule has 0 heterocycles. The van der Waals surface area contributed by atoms with Crippen LogP contribution in [0.15, 0.2) is 0 Å². The van der Waals surface area contributed by atoms with Gasteiger partial charge in [0.15, 0.2) is 0 Å². The van der Waals surface area contributed by atoms with Crippen molar-refractivity contribution < 1.29 is 23.9 Å². The minimum Gasteiger partial charge on any atom is -0.466 e. The zero-order chi connectivity index (χ0) is 19.0. The van der Waals surface area contributed by atoms with E-state index < -0.39 is 11.7 Å². The second-order valence-corrected chi connectivity index (χ2v) is 7.73. The minimum atomic E-state index is -0.631. The summed E-state index contributed by atoms with van der Waals surface area (Å²) in [6, 6.07) is -0.384. The molecule has 0 bridgehead atoms. The van der Waals surface area contributed by atoms with Crippen molar-refractivity contribution in [2.75, 3.05) is 13.2 Å². The number of ether oxygens (including phenoxy) is 2. The summed E-state index contributed by atoms with van der Waals surface area (Å²) >= 11 is 0. The van der Waals surface area contributed by atoms with Gasteiger partial charge in [-0.05, 0) is 47.5 Å². The fourth-order valence-electron chi connectivity index (χ4n) is 3.07.